The number of imidazole rings is 1. The van der Waals surface area contributed by atoms with Crippen LogP contribution in [0.1, 0.15) is 26.5 Å². The number of aliphatic hydroxyl groups excluding tert-OH is 1. The molecule has 2 aromatic heterocycles. The number of hydrogen-bond donors (Lipinski definition) is 2. The third kappa shape index (κ3) is 2.99. The number of pyridine rings is 1. The molecule has 24 heavy (non-hydrogen) atoms. The van der Waals surface area contributed by atoms with E-state index in [0.29, 0.717) is 16.9 Å². The molecule has 0 amide bonds. The molecular weight excluding hydrogens is 323 g/mol. The fourth-order valence-corrected chi connectivity index (χ4v) is 4.40. The maximum Gasteiger partial charge on any atom is 0.164 e. The van der Waals surface area contributed by atoms with E-state index in [4.69, 9.17) is 10.5 Å². The number of nitrogens with two attached hydrogens (primary N) is 1. The first-order valence-electron chi connectivity index (χ1n) is 8.23. The van der Waals surface area contributed by atoms with Gasteiger partial charge in [0.05, 0.1) is 23.7 Å². The molecule has 0 saturated carbocycles. The van der Waals surface area contributed by atoms with Crippen LogP contribution in [-0.2, 0) is 4.74 Å². The standard InChI is InChI=1S/C17H27N4O2P/c1-11-14(22)17(2,7-9-24(3,4)5)23-16(11)21-10-20-13-12(18)6-8-19-15(13)21/h6,8,10-11,14,16,22H,3,7,9H2,1-2,4-5H3,(H2,18,19)/t11-,14+,16?,17-/m1/s1. The molecule has 0 radical (unpaired) electrons. The van der Waals surface area contributed by atoms with Gasteiger partial charge in [0.25, 0.3) is 0 Å². The molecule has 1 aliphatic rings. The van der Waals surface area contributed by atoms with Crippen molar-refractivity contribution in [1.29, 1.82) is 0 Å². The Balaban J connectivity index is 1.92. The van der Waals surface area contributed by atoms with E-state index in [1.54, 1.807) is 18.6 Å². The fraction of sp³-hybridized carbons (Fsp3) is 0.588. The van der Waals surface area contributed by atoms with E-state index in [0.717, 1.165) is 12.6 Å². The number of aliphatic hydroxyl groups is 1. The van der Waals surface area contributed by atoms with E-state index in [1.165, 1.54) is 0 Å². The van der Waals surface area contributed by atoms with Crippen molar-refractivity contribution in [3.05, 3.63) is 18.6 Å². The lowest BCUT2D eigenvalue weighted by molar-refractivity contribution is -0.0911. The van der Waals surface area contributed by atoms with Gasteiger partial charge >= 0.3 is 0 Å². The molecule has 7 heteroatoms. The van der Waals surface area contributed by atoms with Crippen LogP contribution >= 0.6 is 6.89 Å². The van der Waals surface area contributed by atoms with Gasteiger partial charge in [0.2, 0.25) is 0 Å². The third-order valence-corrected chi connectivity index (χ3v) is 6.38. The van der Waals surface area contributed by atoms with Gasteiger partial charge in [0.1, 0.15) is 11.7 Å². The number of nitrogens with zero attached hydrogens (tertiary/aromatic N) is 3. The number of hydrogen-bond acceptors (Lipinski definition) is 5. The van der Waals surface area contributed by atoms with E-state index in [2.05, 4.69) is 29.6 Å². The molecule has 2 aromatic rings. The molecule has 0 spiro atoms. The largest absolute Gasteiger partial charge is 0.397 e. The SMILES string of the molecule is C=P(C)(C)CC[C@@]1(C)OC(n2cnc3c(N)ccnc32)[C@H](C)[C@@H]1O. The molecule has 0 aliphatic carbocycles. The van der Waals surface area contributed by atoms with Gasteiger partial charge in [0.15, 0.2) is 5.65 Å². The minimum Gasteiger partial charge on any atom is -0.397 e. The van der Waals surface area contributed by atoms with Crippen LogP contribution < -0.4 is 5.73 Å². The fourth-order valence-electron chi connectivity index (χ4n) is 3.35. The van der Waals surface area contributed by atoms with Gasteiger partial charge in [-0.15, -0.1) is 13.2 Å². The molecule has 1 fully saturated rings. The normalized spacial score (nSPS) is 31.0. The second kappa shape index (κ2) is 5.87. The number of anilines is 1. The molecule has 6 nitrogen and oxygen atoms in total. The van der Waals surface area contributed by atoms with Crippen molar-refractivity contribution in [2.75, 3.05) is 25.2 Å². The Hall–Kier alpha value is -1.36. The lowest BCUT2D eigenvalue weighted by atomic mass is 9.90. The molecular formula is C17H27N4O2P. The minimum atomic E-state index is -1.17. The summed E-state index contributed by atoms with van der Waals surface area (Å²) < 4.78 is 8.23. The van der Waals surface area contributed by atoms with Gasteiger partial charge in [0, 0.05) is 12.1 Å². The average Bonchev–Trinajstić information content (AvgIpc) is 3.02. The quantitative estimate of drug-likeness (QED) is 0.827. The Kier molecular flexibility index (Phi) is 4.27. The van der Waals surface area contributed by atoms with Crippen LogP contribution in [-0.4, -0.2) is 57.1 Å². The predicted molar refractivity (Wildman–Crippen MR) is 101 cm³/mol. The Morgan fingerprint density at radius 1 is 1.46 bits per heavy atom. The zero-order valence-electron chi connectivity index (χ0n) is 14.8. The van der Waals surface area contributed by atoms with Gasteiger partial charge in [-0.05, 0) is 38.9 Å². The maximum atomic E-state index is 10.8. The Labute approximate surface area is 143 Å². The molecule has 3 N–H and O–H groups in total. The number of aromatic nitrogens is 3. The summed E-state index contributed by atoms with van der Waals surface area (Å²) in [5, 5.41) is 10.8. The summed E-state index contributed by atoms with van der Waals surface area (Å²) in [5.41, 5.74) is 7.33. The van der Waals surface area contributed by atoms with Crippen molar-refractivity contribution in [1.82, 2.24) is 14.5 Å². The summed E-state index contributed by atoms with van der Waals surface area (Å²) in [5.74, 6) is -0.0677. The highest BCUT2D eigenvalue weighted by molar-refractivity contribution is 7.72. The van der Waals surface area contributed by atoms with E-state index < -0.39 is 18.6 Å². The van der Waals surface area contributed by atoms with Crippen LogP contribution in [0.3, 0.4) is 0 Å². The second-order valence-corrected chi connectivity index (χ2v) is 12.1. The lowest BCUT2D eigenvalue weighted by Crippen LogP contribution is -2.38. The van der Waals surface area contributed by atoms with Crippen molar-refractivity contribution >= 4 is 30.0 Å². The molecule has 1 saturated heterocycles. The molecule has 132 valence electrons. The summed E-state index contributed by atoms with van der Waals surface area (Å²) in [4.78, 5) is 8.76. The van der Waals surface area contributed by atoms with Crippen LogP contribution in [0, 0.1) is 5.92 Å². The van der Waals surface area contributed by atoms with E-state index in [9.17, 15) is 5.11 Å². The highest BCUT2D eigenvalue weighted by Crippen LogP contribution is 2.47. The van der Waals surface area contributed by atoms with Gasteiger partial charge in [-0.1, -0.05) is 6.92 Å². The monoisotopic (exact) mass is 350 g/mol. The number of fused-ring (bicyclic) bond motifs is 1. The topological polar surface area (TPSA) is 86.2 Å². The smallest absolute Gasteiger partial charge is 0.164 e. The van der Waals surface area contributed by atoms with Crippen LogP contribution in [0.5, 0.6) is 0 Å². The minimum absolute atomic E-state index is 0.0677. The summed E-state index contributed by atoms with van der Waals surface area (Å²) in [6, 6.07) is 1.73. The summed E-state index contributed by atoms with van der Waals surface area (Å²) in [6.45, 7) is 7.23. The van der Waals surface area contributed by atoms with Gasteiger partial charge in [-0.25, -0.2) is 9.97 Å². The van der Waals surface area contributed by atoms with Crippen molar-refractivity contribution in [2.24, 2.45) is 5.92 Å². The van der Waals surface area contributed by atoms with Crippen molar-refractivity contribution in [3.8, 4) is 0 Å². The Morgan fingerprint density at radius 2 is 2.17 bits per heavy atom. The highest BCUT2D eigenvalue weighted by Gasteiger charge is 2.50. The molecule has 1 aliphatic heterocycles. The van der Waals surface area contributed by atoms with Gasteiger partial charge < -0.3 is 15.6 Å². The zero-order valence-corrected chi connectivity index (χ0v) is 15.7. The molecule has 1 unspecified atom stereocenters. The highest BCUT2D eigenvalue weighted by atomic mass is 31.2. The van der Waals surface area contributed by atoms with Crippen molar-refractivity contribution < 1.29 is 9.84 Å². The van der Waals surface area contributed by atoms with E-state index in [-0.39, 0.29) is 12.1 Å². The summed E-state index contributed by atoms with van der Waals surface area (Å²) >= 11 is 0. The molecule has 3 rings (SSSR count). The maximum absolute atomic E-state index is 10.8. The van der Waals surface area contributed by atoms with E-state index >= 15 is 0 Å². The molecule has 4 atom stereocenters. The molecule has 0 aromatic carbocycles. The first kappa shape index (κ1) is 17.5. The zero-order chi connectivity index (χ0) is 17.7. The molecule has 0 bridgehead atoms. The first-order valence-corrected chi connectivity index (χ1v) is 11.3. The lowest BCUT2D eigenvalue weighted by Gasteiger charge is -2.30. The average molecular weight is 350 g/mol. The van der Waals surface area contributed by atoms with Crippen LogP contribution in [0.4, 0.5) is 5.69 Å². The first-order chi connectivity index (χ1) is 11.1. The predicted octanol–water partition coefficient (Wildman–Crippen LogP) is 2.40. The Bertz CT molecular complexity index is 799. The van der Waals surface area contributed by atoms with Crippen molar-refractivity contribution in [3.63, 3.8) is 0 Å². The third-order valence-electron chi connectivity index (χ3n) is 4.94. The number of ether oxygens (including phenoxy) is 1. The van der Waals surface area contributed by atoms with Gasteiger partial charge in [-0.2, -0.15) is 0 Å². The van der Waals surface area contributed by atoms with Crippen molar-refractivity contribution in [2.45, 2.75) is 38.2 Å². The van der Waals surface area contributed by atoms with Crippen LogP contribution in [0.2, 0.25) is 0 Å². The van der Waals surface area contributed by atoms with Crippen LogP contribution in [0.25, 0.3) is 11.2 Å². The summed E-state index contributed by atoms with van der Waals surface area (Å²) in [7, 11) is 0. The van der Waals surface area contributed by atoms with Gasteiger partial charge in [-0.3, -0.25) is 4.57 Å². The Morgan fingerprint density at radius 3 is 2.83 bits per heavy atom. The number of rotatable bonds is 4. The van der Waals surface area contributed by atoms with Crippen LogP contribution in [0.15, 0.2) is 18.6 Å². The molecule has 3 heterocycles. The van der Waals surface area contributed by atoms with E-state index in [1.807, 2.05) is 18.4 Å². The second-order valence-electron chi connectivity index (χ2n) is 7.76. The summed E-state index contributed by atoms with van der Waals surface area (Å²) in [6.07, 6.45) is 8.55. The number of nitrogen functional groups attached to an aromatic ring is 1.